The van der Waals surface area contributed by atoms with Crippen molar-refractivity contribution >= 4 is 22.7 Å². The van der Waals surface area contributed by atoms with E-state index in [1.165, 1.54) is 10.4 Å². The van der Waals surface area contributed by atoms with Crippen LogP contribution in [-0.4, -0.2) is 5.11 Å². The van der Waals surface area contributed by atoms with E-state index in [0.29, 0.717) is 0 Å². The Balaban J connectivity index is 2.46. The van der Waals surface area contributed by atoms with Gasteiger partial charge in [-0.25, -0.2) is 0 Å². The van der Waals surface area contributed by atoms with E-state index < -0.39 is 0 Å². The zero-order valence-corrected chi connectivity index (χ0v) is 7.99. The highest BCUT2D eigenvalue weighted by Gasteiger charge is 2.05. The summed E-state index contributed by atoms with van der Waals surface area (Å²) in [5.41, 5.74) is 2.21. The molecule has 12 heavy (non-hydrogen) atoms. The van der Waals surface area contributed by atoms with Gasteiger partial charge in [0.2, 0.25) is 0 Å². The normalized spacial score (nSPS) is 10.4. The summed E-state index contributed by atoms with van der Waals surface area (Å²) in [7, 11) is 0. The molecule has 0 amide bonds. The summed E-state index contributed by atoms with van der Waals surface area (Å²) < 4.78 is 0. The van der Waals surface area contributed by atoms with Gasteiger partial charge in [-0.05, 0) is 27.8 Å². The Labute approximate surface area is 78.9 Å². The second kappa shape index (κ2) is 3.39. The van der Waals surface area contributed by atoms with Gasteiger partial charge in [-0.1, -0.05) is 6.07 Å². The minimum Gasteiger partial charge on any atom is -0.392 e. The Morgan fingerprint density at radius 2 is 2.25 bits per heavy atom. The fourth-order valence-electron chi connectivity index (χ4n) is 1.09. The molecule has 3 heteroatoms. The Bertz CT molecular complexity index is 348. The molecule has 0 saturated carbocycles. The van der Waals surface area contributed by atoms with Crippen molar-refractivity contribution in [3.05, 3.63) is 33.8 Å². The molecule has 1 N–H and O–H groups in total. The van der Waals surface area contributed by atoms with Crippen LogP contribution in [0.1, 0.15) is 5.56 Å². The molecule has 0 bridgehead atoms. The summed E-state index contributed by atoms with van der Waals surface area (Å²) in [6, 6.07) is 4.10. The molecule has 0 aliphatic heterocycles. The molecule has 0 fully saturated rings. The lowest BCUT2D eigenvalue weighted by Crippen LogP contribution is -1.80. The van der Waals surface area contributed by atoms with Gasteiger partial charge in [0.1, 0.15) is 0 Å². The van der Waals surface area contributed by atoms with Crippen LogP contribution in [0.4, 0.5) is 0 Å². The maximum atomic E-state index is 9.02. The lowest BCUT2D eigenvalue weighted by molar-refractivity contribution is 0.283. The molecule has 0 spiro atoms. The van der Waals surface area contributed by atoms with E-state index >= 15 is 0 Å². The first-order chi connectivity index (χ1) is 5.92. The summed E-state index contributed by atoms with van der Waals surface area (Å²) in [5, 5.41) is 15.1. The minimum absolute atomic E-state index is 0.136. The van der Waals surface area contributed by atoms with Crippen molar-refractivity contribution < 1.29 is 5.11 Å². The van der Waals surface area contributed by atoms with Gasteiger partial charge in [-0.2, -0.15) is 11.3 Å². The number of thiophene rings is 2. The maximum absolute atomic E-state index is 9.02. The van der Waals surface area contributed by atoms with E-state index in [1.807, 2.05) is 16.8 Å². The molecular formula is C9H8OS2. The van der Waals surface area contributed by atoms with Gasteiger partial charge in [-0.15, -0.1) is 11.3 Å². The molecule has 2 heterocycles. The molecule has 0 atom stereocenters. The summed E-state index contributed by atoms with van der Waals surface area (Å²) in [4.78, 5) is 1.24. The third-order valence-corrected chi connectivity index (χ3v) is 3.39. The van der Waals surface area contributed by atoms with Crippen LogP contribution in [0.5, 0.6) is 0 Å². The Hall–Kier alpha value is -0.640. The smallest absolute Gasteiger partial charge is 0.0696 e. The molecule has 62 valence electrons. The van der Waals surface area contributed by atoms with Crippen LogP contribution < -0.4 is 0 Å². The Morgan fingerprint density at radius 3 is 2.92 bits per heavy atom. The molecule has 0 unspecified atom stereocenters. The van der Waals surface area contributed by atoms with Crippen LogP contribution >= 0.6 is 22.7 Å². The van der Waals surface area contributed by atoms with E-state index in [-0.39, 0.29) is 6.61 Å². The van der Waals surface area contributed by atoms with Crippen LogP contribution in [0.15, 0.2) is 28.3 Å². The predicted octanol–water partition coefficient (Wildman–Crippen LogP) is 2.97. The zero-order chi connectivity index (χ0) is 8.39. The largest absolute Gasteiger partial charge is 0.392 e. The first kappa shape index (κ1) is 7.98. The number of hydrogen-bond donors (Lipinski definition) is 1. The highest BCUT2D eigenvalue weighted by molar-refractivity contribution is 7.14. The van der Waals surface area contributed by atoms with Crippen LogP contribution in [0.2, 0.25) is 0 Å². The minimum atomic E-state index is 0.136. The van der Waals surface area contributed by atoms with E-state index in [2.05, 4.69) is 11.4 Å². The van der Waals surface area contributed by atoms with E-state index in [1.54, 1.807) is 22.7 Å². The molecule has 0 saturated heterocycles. The quantitative estimate of drug-likeness (QED) is 0.783. The number of rotatable bonds is 2. The van der Waals surface area contributed by atoms with E-state index in [9.17, 15) is 0 Å². The summed E-state index contributed by atoms with van der Waals surface area (Å²) in [6.07, 6.45) is 0. The van der Waals surface area contributed by atoms with Gasteiger partial charge >= 0.3 is 0 Å². The van der Waals surface area contributed by atoms with Gasteiger partial charge < -0.3 is 5.11 Å². The van der Waals surface area contributed by atoms with Gasteiger partial charge in [0.05, 0.1) is 6.61 Å². The molecule has 1 nitrogen and oxygen atoms in total. The van der Waals surface area contributed by atoms with Gasteiger partial charge in [-0.3, -0.25) is 0 Å². The van der Waals surface area contributed by atoms with E-state index in [4.69, 9.17) is 5.11 Å². The van der Waals surface area contributed by atoms with Crippen molar-refractivity contribution in [1.29, 1.82) is 0 Å². The van der Waals surface area contributed by atoms with Crippen molar-refractivity contribution in [3.8, 4) is 10.4 Å². The van der Waals surface area contributed by atoms with Crippen molar-refractivity contribution in [2.45, 2.75) is 6.61 Å². The van der Waals surface area contributed by atoms with Crippen LogP contribution in [0.25, 0.3) is 10.4 Å². The topological polar surface area (TPSA) is 20.2 Å². The van der Waals surface area contributed by atoms with Crippen LogP contribution in [0.3, 0.4) is 0 Å². The lowest BCUT2D eigenvalue weighted by Gasteiger charge is -1.95. The third kappa shape index (κ3) is 1.31. The Morgan fingerprint density at radius 1 is 1.33 bits per heavy atom. The van der Waals surface area contributed by atoms with Crippen molar-refractivity contribution in [1.82, 2.24) is 0 Å². The lowest BCUT2D eigenvalue weighted by atomic mass is 10.2. The monoisotopic (exact) mass is 196 g/mol. The predicted molar refractivity (Wildman–Crippen MR) is 53.6 cm³/mol. The molecule has 2 rings (SSSR count). The standard InChI is InChI=1S/C9H8OS2/c10-4-7-5-11-6-8(7)9-2-1-3-12-9/h1-3,5-6,10H,4H2. The third-order valence-electron chi connectivity index (χ3n) is 1.70. The van der Waals surface area contributed by atoms with Crippen molar-refractivity contribution in [2.75, 3.05) is 0 Å². The highest BCUT2D eigenvalue weighted by atomic mass is 32.1. The van der Waals surface area contributed by atoms with Gasteiger partial charge in [0.25, 0.3) is 0 Å². The van der Waals surface area contributed by atoms with Gasteiger partial charge in [0, 0.05) is 10.4 Å². The molecule has 0 aliphatic rings. The molecule has 0 aliphatic carbocycles. The average Bonchev–Trinajstić information content (AvgIpc) is 2.74. The van der Waals surface area contributed by atoms with Gasteiger partial charge in [0.15, 0.2) is 0 Å². The van der Waals surface area contributed by atoms with E-state index in [0.717, 1.165) is 5.56 Å². The maximum Gasteiger partial charge on any atom is 0.0696 e. The van der Waals surface area contributed by atoms with Crippen LogP contribution in [0, 0.1) is 0 Å². The zero-order valence-electron chi connectivity index (χ0n) is 6.36. The first-order valence-corrected chi connectivity index (χ1v) is 5.44. The first-order valence-electron chi connectivity index (χ1n) is 3.61. The Kier molecular flexibility index (Phi) is 2.26. The molecule has 0 aromatic carbocycles. The van der Waals surface area contributed by atoms with Crippen molar-refractivity contribution in [2.24, 2.45) is 0 Å². The number of aliphatic hydroxyl groups is 1. The van der Waals surface area contributed by atoms with Crippen LogP contribution in [-0.2, 0) is 6.61 Å². The molecule has 2 aromatic rings. The molecular weight excluding hydrogens is 188 g/mol. The second-order valence-corrected chi connectivity index (χ2v) is 4.14. The molecule has 2 aromatic heterocycles. The summed E-state index contributed by atoms with van der Waals surface area (Å²) in [5.74, 6) is 0. The summed E-state index contributed by atoms with van der Waals surface area (Å²) >= 11 is 3.34. The number of aliphatic hydroxyl groups excluding tert-OH is 1. The van der Waals surface area contributed by atoms with Crippen molar-refractivity contribution in [3.63, 3.8) is 0 Å². The summed E-state index contributed by atoms with van der Waals surface area (Å²) in [6.45, 7) is 0.136. The number of hydrogen-bond acceptors (Lipinski definition) is 3. The SMILES string of the molecule is OCc1cscc1-c1cccs1. The fourth-order valence-corrected chi connectivity index (χ4v) is 2.79. The highest BCUT2D eigenvalue weighted by Crippen LogP contribution is 2.30. The molecule has 0 radical (unpaired) electrons. The second-order valence-electron chi connectivity index (χ2n) is 2.45. The fraction of sp³-hybridized carbons (Fsp3) is 0.111. The average molecular weight is 196 g/mol.